The summed E-state index contributed by atoms with van der Waals surface area (Å²) in [7, 11) is -4.18. The van der Waals surface area contributed by atoms with Gasteiger partial charge in [0, 0.05) is 13.1 Å². The molecule has 9 nitrogen and oxygen atoms in total. The van der Waals surface area contributed by atoms with Gasteiger partial charge in [0.2, 0.25) is 11.8 Å². The van der Waals surface area contributed by atoms with Crippen LogP contribution in [0.2, 0.25) is 0 Å². The Morgan fingerprint density at radius 1 is 1.30 bits per heavy atom. The largest absolute Gasteiger partial charge is 0.476 e. The zero-order chi connectivity index (χ0) is 22.9. The van der Waals surface area contributed by atoms with E-state index in [1.807, 2.05) is 0 Å². The monoisotopic (exact) mass is 445 g/mol. The van der Waals surface area contributed by atoms with E-state index in [2.05, 4.69) is 10.1 Å². The number of ether oxygens (including phenoxy) is 1. The summed E-state index contributed by atoms with van der Waals surface area (Å²) in [5.74, 6) is -1.50. The number of pyridine rings is 1. The number of rotatable bonds is 5. The average molecular weight is 445 g/mol. The van der Waals surface area contributed by atoms with Crippen LogP contribution in [-0.2, 0) is 21.0 Å². The molecule has 2 rings (SSSR count). The highest BCUT2D eigenvalue weighted by molar-refractivity contribution is 7.90. The molecule has 13 heteroatoms. The first-order chi connectivity index (χ1) is 13.7. The molecular formula is C17H18F3N5O4S. The molecule has 0 saturated carbocycles. The number of nitrogens with one attached hydrogen (secondary N) is 1. The van der Waals surface area contributed by atoms with Crippen LogP contribution >= 0.6 is 0 Å². The van der Waals surface area contributed by atoms with E-state index < -0.39 is 44.7 Å². The van der Waals surface area contributed by atoms with Crippen molar-refractivity contribution in [1.82, 2.24) is 19.5 Å². The molecule has 30 heavy (non-hydrogen) atoms. The molecule has 2 aromatic rings. The Labute approximate surface area is 170 Å². The van der Waals surface area contributed by atoms with Gasteiger partial charge in [-0.3, -0.25) is 4.79 Å². The van der Waals surface area contributed by atoms with Crippen molar-refractivity contribution < 1.29 is 31.1 Å². The van der Waals surface area contributed by atoms with Crippen LogP contribution < -0.4 is 9.46 Å². The minimum absolute atomic E-state index is 0.0281. The molecule has 162 valence electrons. The maximum absolute atomic E-state index is 13.3. The molecule has 0 unspecified atom stereocenters. The highest BCUT2D eigenvalue weighted by Crippen LogP contribution is 2.36. The highest BCUT2D eigenvalue weighted by Gasteiger charge is 2.41. The first kappa shape index (κ1) is 23.1. The minimum atomic E-state index is -4.93. The van der Waals surface area contributed by atoms with Crippen molar-refractivity contribution in [3.63, 3.8) is 0 Å². The number of aromatic nitrogens is 3. The van der Waals surface area contributed by atoms with E-state index in [4.69, 9.17) is 4.74 Å². The number of halogens is 3. The molecular weight excluding hydrogens is 427 g/mol. The third kappa shape index (κ3) is 5.26. The first-order valence-corrected chi connectivity index (χ1v) is 9.87. The van der Waals surface area contributed by atoms with Gasteiger partial charge in [-0.2, -0.15) is 28.2 Å². The van der Waals surface area contributed by atoms with Gasteiger partial charge in [-0.1, -0.05) is 20.8 Å². The second-order valence-corrected chi connectivity index (χ2v) is 9.10. The van der Waals surface area contributed by atoms with Crippen molar-refractivity contribution in [2.45, 2.75) is 38.8 Å². The number of carbonyl (C=O) groups excluding carboxylic acids is 1. The van der Waals surface area contributed by atoms with E-state index >= 15 is 0 Å². The number of hydrogen-bond acceptors (Lipinski definition) is 7. The van der Waals surface area contributed by atoms with E-state index in [-0.39, 0.29) is 17.3 Å². The molecule has 0 saturated heterocycles. The summed E-state index contributed by atoms with van der Waals surface area (Å²) < 4.78 is 71.9. The molecule has 0 aromatic carbocycles. The lowest BCUT2D eigenvalue weighted by atomic mass is 9.99. The van der Waals surface area contributed by atoms with Gasteiger partial charge in [-0.05, 0) is 17.5 Å². The van der Waals surface area contributed by atoms with Crippen LogP contribution in [0.5, 0.6) is 5.88 Å². The first-order valence-electron chi connectivity index (χ1n) is 8.38. The van der Waals surface area contributed by atoms with Crippen LogP contribution in [0.4, 0.5) is 13.2 Å². The zero-order valence-electron chi connectivity index (χ0n) is 16.4. The minimum Gasteiger partial charge on any atom is -0.476 e. The van der Waals surface area contributed by atoms with E-state index in [0.717, 1.165) is 25.3 Å². The van der Waals surface area contributed by atoms with Crippen LogP contribution in [0, 0.1) is 16.7 Å². The molecule has 2 aromatic heterocycles. The van der Waals surface area contributed by atoms with Crippen molar-refractivity contribution in [3.8, 4) is 17.8 Å². The molecule has 0 aliphatic heterocycles. The van der Waals surface area contributed by atoms with Gasteiger partial charge in [0.15, 0.2) is 11.5 Å². The fourth-order valence-corrected chi connectivity index (χ4v) is 3.12. The van der Waals surface area contributed by atoms with Gasteiger partial charge < -0.3 is 4.74 Å². The number of nitrogens with zero attached hydrogens (tertiary/aromatic N) is 4. The summed E-state index contributed by atoms with van der Waals surface area (Å²) in [5, 5.41) is 12.7. The Bertz CT molecular complexity index is 1090. The molecule has 0 aliphatic carbocycles. The lowest BCUT2D eigenvalue weighted by Gasteiger charge is -2.19. The number of sulfonamides is 1. The summed E-state index contributed by atoms with van der Waals surface area (Å²) in [6, 6.07) is 3.56. The number of nitriles is 1. The fourth-order valence-electron chi connectivity index (χ4n) is 2.18. The van der Waals surface area contributed by atoms with Crippen LogP contribution in [0.25, 0.3) is 5.82 Å². The topological polar surface area (TPSA) is 127 Å². The number of amides is 1. The van der Waals surface area contributed by atoms with Gasteiger partial charge in [0.05, 0.1) is 6.61 Å². The van der Waals surface area contributed by atoms with Crippen LogP contribution in [0.1, 0.15) is 39.0 Å². The summed E-state index contributed by atoms with van der Waals surface area (Å²) >= 11 is 0. The Hall–Kier alpha value is -3.14. The third-order valence-corrected chi connectivity index (χ3v) is 4.81. The van der Waals surface area contributed by atoms with E-state index in [0.29, 0.717) is 4.68 Å². The second-order valence-electron chi connectivity index (χ2n) is 7.41. The molecule has 0 spiro atoms. The maximum Gasteiger partial charge on any atom is 0.436 e. The highest BCUT2D eigenvalue weighted by atomic mass is 32.2. The predicted molar refractivity (Wildman–Crippen MR) is 97.0 cm³/mol. The van der Waals surface area contributed by atoms with Crippen LogP contribution in [0.15, 0.2) is 23.2 Å². The Morgan fingerprint density at radius 3 is 2.37 bits per heavy atom. The van der Waals surface area contributed by atoms with Crippen LogP contribution in [0.3, 0.4) is 0 Å². The molecule has 0 radical (unpaired) electrons. The van der Waals surface area contributed by atoms with Gasteiger partial charge in [-0.15, -0.1) is 0 Å². The van der Waals surface area contributed by atoms with Crippen molar-refractivity contribution in [2.75, 3.05) is 6.61 Å². The normalized spacial score (nSPS) is 12.3. The molecule has 0 fully saturated rings. The number of alkyl halides is 3. The summed E-state index contributed by atoms with van der Waals surface area (Å²) in [5.41, 5.74) is -2.71. The van der Waals surface area contributed by atoms with Gasteiger partial charge >= 0.3 is 6.18 Å². The molecule has 0 aliphatic rings. The van der Waals surface area contributed by atoms with E-state index in [9.17, 15) is 31.6 Å². The molecule has 2 heterocycles. The quantitative estimate of drug-likeness (QED) is 0.749. The van der Waals surface area contributed by atoms with E-state index in [1.165, 1.54) is 6.07 Å². The lowest BCUT2D eigenvalue weighted by Crippen LogP contribution is -2.28. The Balaban J connectivity index is 2.58. The molecule has 0 atom stereocenters. The SMILES string of the molecule is CC(=O)NS(=O)(=O)c1ccc(-n2nc(C(F)(F)F)c(C#N)c2OCC(C)(C)C)nc1. The molecule has 1 amide bonds. The predicted octanol–water partition coefficient (Wildman–Crippen LogP) is 2.41. The Morgan fingerprint density at radius 2 is 1.93 bits per heavy atom. The Kier molecular flexibility index (Phi) is 6.13. The van der Waals surface area contributed by atoms with Crippen molar-refractivity contribution in [1.29, 1.82) is 5.26 Å². The zero-order valence-corrected chi connectivity index (χ0v) is 17.2. The van der Waals surface area contributed by atoms with Crippen molar-refractivity contribution in [3.05, 3.63) is 29.6 Å². The van der Waals surface area contributed by atoms with Crippen molar-refractivity contribution >= 4 is 15.9 Å². The van der Waals surface area contributed by atoms with Gasteiger partial charge in [0.1, 0.15) is 16.5 Å². The van der Waals surface area contributed by atoms with Crippen LogP contribution in [-0.4, -0.2) is 35.7 Å². The second kappa shape index (κ2) is 7.94. The van der Waals surface area contributed by atoms with Crippen molar-refractivity contribution in [2.24, 2.45) is 5.41 Å². The lowest BCUT2D eigenvalue weighted by molar-refractivity contribution is -0.141. The maximum atomic E-state index is 13.3. The standard InChI is InChI=1S/C17H18F3N5O4S/c1-10(26)24-30(27,28)11-5-6-13(22-8-11)25-15(29-9-16(2,3)4)12(7-21)14(23-25)17(18,19)20/h5-6,8H,9H2,1-4H3,(H,24,26). The third-order valence-electron chi connectivity index (χ3n) is 3.39. The summed E-state index contributed by atoms with van der Waals surface area (Å²) in [4.78, 5) is 14.4. The smallest absolute Gasteiger partial charge is 0.436 e. The molecule has 1 N–H and O–H groups in total. The summed E-state index contributed by atoms with van der Waals surface area (Å²) in [6.45, 7) is 6.32. The molecule has 0 bridgehead atoms. The number of hydrogen-bond donors (Lipinski definition) is 1. The summed E-state index contributed by atoms with van der Waals surface area (Å²) in [6.07, 6.45) is -4.08. The van der Waals surface area contributed by atoms with E-state index in [1.54, 1.807) is 25.5 Å². The average Bonchev–Trinajstić information content (AvgIpc) is 2.97. The number of carbonyl (C=O) groups is 1. The van der Waals surface area contributed by atoms with Gasteiger partial charge in [-0.25, -0.2) is 18.1 Å². The fraction of sp³-hybridized carbons (Fsp3) is 0.412. The van der Waals surface area contributed by atoms with Gasteiger partial charge in [0.25, 0.3) is 10.0 Å².